The van der Waals surface area contributed by atoms with Crippen molar-refractivity contribution in [2.45, 2.75) is 12.8 Å². The summed E-state index contributed by atoms with van der Waals surface area (Å²) < 4.78 is 5.33. The number of aliphatic carboxylic acids is 1. The molecule has 134 valence electrons. The van der Waals surface area contributed by atoms with Crippen molar-refractivity contribution < 1.29 is 19.8 Å². The molecule has 3 N–H and O–H groups in total. The molecule has 0 spiro atoms. The fraction of sp³-hybridized carbons (Fsp3) is 0.211. The van der Waals surface area contributed by atoms with Crippen molar-refractivity contribution in [3.05, 3.63) is 59.8 Å². The Hall–Kier alpha value is -2.93. The van der Waals surface area contributed by atoms with Crippen LogP contribution >= 0.6 is 11.5 Å². The number of aromatic hydroxyl groups is 1. The monoisotopic (exact) mass is 370 g/mol. The number of phenols is 1. The average Bonchev–Trinajstić information content (AvgIpc) is 3.03. The number of carboxylic acids is 1. The molecule has 3 rings (SSSR count). The first kappa shape index (κ1) is 17.9. The van der Waals surface area contributed by atoms with Crippen molar-refractivity contribution in [1.82, 2.24) is 9.69 Å². The number of benzene rings is 2. The first-order valence-corrected chi connectivity index (χ1v) is 8.91. The van der Waals surface area contributed by atoms with Gasteiger partial charge in [0.1, 0.15) is 5.75 Å². The van der Waals surface area contributed by atoms with Crippen LogP contribution in [0.15, 0.2) is 48.5 Å². The fourth-order valence-electron chi connectivity index (χ4n) is 2.68. The number of carbonyl (C=O) groups excluding carboxylic acids is 1. The van der Waals surface area contributed by atoms with Gasteiger partial charge in [-0.2, -0.15) is 4.37 Å². The van der Waals surface area contributed by atoms with Gasteiger partial charge in [-0.15, -0.1) is 0 Å². The summed E-state index contributed by atoms with van der Waals surface area (Å²) in [5.41, 5.74) is 1.49. The molecule has 1 heterocycles. The quantitative estimate of drug-likeness (QED) is 0.594. The lowest BCUT2D eigenvalue weighted by molar-refractivity contribution is -0.141. The molecule has 2 aromatic carbocycles. The largest absolute Gasteiger partial charge is 0.508 e. The topological polar surface area (TPSA) is 99.5 Å². The van der Waals surface area contributed by atoms with Crippen LogP contribution in [0, 0.1) is 5.92 Å². The highest BCUT2D eigenvalue weighted by molar-refractivity contribution is 7.13. The molecular formula is C19H18N2O4S. The van der Waals surface area contributed by atoms with Crippen molar-refractivity contribution >= 4 is 33.5 Å². The summed E-state index contributed by atoms with van der Waals surface area (Å²) in [6, 6.07) is 14.1. The molecule has 0 aliphatic carbocycles. The van der Waals surface area contributed by atoms with E-state index < -0.39 is 11.9 Å². The molecule has 6 nitrogen and oxygen atoms in total. The number of rotatable bonds is 7. The highest BCUT2D eigenvalue weighted by Crippen LogP contribution is 2.22. The maximum Gasteiger partial charge on any atom is 0.308 e. The molecule has 0 saturated carbocycles. The van der Waals surface area contributed by atoms with Crippen LogP contribution in [0.4, 0.5) is 0 Å². The Balaban J connectivity index is 1.59. The number of aromatic nitrogens is 1. The average molecular weight is 370 g/mol. The molecule has 1 amide bonds. The van der Waals surface area contributed by atoms with Gasteiger partial charge in [0.25, 0.3) is 0 Å². The molecule has 7 heteroatoms. The molecule has 1 atom stereocenters. The summed E-state index contributed by atoms with van der Waals surface area (Å²) in [7, 11) is 0. The summed E-state index contributed by atoms with van der Waals surface area (Å²) in [6.45, 7) is 0.0388. The maximum atomic E-state index is 12.2. The Labute approximate surface area is 154 Å². The van der Waals surface area contributed by atoms with Crippen molar-refractivity contribution in [1.29, 1.82) is 0 Å². The lowest BCUT2D eigenvalue weighted by Crippen LogP contribution is -2.35. The van der Waals surface area contributed by atoms with Crippen LogP contribution < -0.4 is 5.32 Å². The van der Waals surface area contributed by atoms with Gasteiger partial charge in [0.2, 0.25) is 5.91 Å². The predicted molar refractivity (Wildman–Crippen MR) is 99.3 cm³/mol. The van der Waals surface area contributed by atoms with E-state index in [4.69, 9.17) is 0 Å². The van der Waals surface area contributed by atoms with E-state index in [9.17, 15) is 19.8 Å². The van der Waals surface area contributed by atoms with Gasteiger partial charge in [0.05, 0.1) is 22.7 Å². The van der Waals surface area contributed by atoms with E-state index in [1.807, 2.05) is 24.3 Å². The van der Waals surface area contributed by atoms with Crippen LogP contribution in [0.1, 0.15) is 11.3 Å². The number of phenolic OH excluding ortho intramolecular Hbond substituents is 1. The Morgan fingerprint density at radius 1 is 1.12 bits per heavy atom. The van der Waals surface area contributed by atoms with E-state index in [0.29, 0.717) is 5.69 Å². The maximum absolute atomic E-state index is 12.2. The van der Waals surface area contributed by atoms with Crippen molar-refractivity contribution in [3.63, 3.8) is 0 Å². The van der Waals surface area contributed by atoms with Gasteiger partial charge in [0.15, 0.2) is 0 Å². The summed E-state index contributed by atoms with van der Waals surface area (Å²) in [5, 5.41) is 22.3. The van der Waals surface area contributed by atoms with Crippen LogP contribution in [-0.2, 0) is 22.4 Å². The molecule has 0 aliphatic heterocycles. The number of hydrogen-bond acceptors (Lipinski definition) is 5. The Kier molecular flexibility index (Phi) is 5.48. The third-order valence-corrected chi connectivity index (χ3v) is 4.96. The first-order valence-electron chi connectivity index (χ1n) is 8.13. The van der Waals surface area contributed by atoms with E-state index in [0.717, 1.165) is 15.6 Å². The molecule has 0 fully saturated rings. The van der Waals surface area contributed by atoms with E-state index in [1.165, 1.54) is 23.7 Å². The fourth-order valence-corrected chi connectivity index (χ4v) is 3.48. The zero-order valence-electron chi connectivity index (χ0n) is 13.9. The molecular weight excluding hydrogens is 352 g/mol. The molecule has 26 heavy (non-hydrogen) atoms. The molecule has 0 bridgehead atoms. The third-order valence-electron chi connectivity index (χ3n) is 4.09. The normalized spacial score (nSPS) is 12.0. The van der Waals surface area contributed by atoms with E-state index in [1.54, 1.807) is 12.1 Å². The summed E-state index contributed by atoms with van der Waals surface area (Å²) in [6.07, 6.45) is 0.394. The number of carbonyl (C=O) groups is 2. The van der Waals surface area contributed by atoms with Gasteiger partial charge in [-0.05, 0) is 41.7 Å². The number of hydrogen-bond donors (Lipinski definition) is 3. The first-order chi connectivity index (χ1) is 12.5. The minimum atomic E-state index is -0.975. The Bertz CT molecular complexity index is 921. The number of nitrogens with zero attached hydrogens (tertiary/aromatic N) is 1. The summed E-state index contributed by atoms with van der Waals surface area (Å²) in [4.78, 5) is 23.7. The number of nitrogens with one attached hydrogen (secondary N) is 1. The SMILES string of the molecule is O=C(Cc1nsc2ccccc12)NCC(Cc1ccc(O)cc1)C(=O)O. The van der Waals surface area contributed by atoms with Gasteiger partial charge in [0, 0.05) is 11.9 Å². The van der Waals surface area contributed by atoms with E-state index in [-0.39, 0.29) is 31.0 Å². The van der Waals surface area contributed by atoms with Crippen molar-refractivity contribution in [3.8, 4) is 5.75 Å². The molecule has 0 aliphatic rings. The van der Waals surface area contributed by atoms with Crippen LogP contribution in [0.2, 0.25) is 0 Å². The second-order valence-corrected chi connectivity index (χ2v) is 6.82. The molecule has 3 aromatic rings. The van der Waals surface area contributed by atoms with Crippen LogP contribution in [0.5, 0.6) is 5.75 Å². The standard InChI is InChI=1S/C19H18N2O4S/c22-14-7-5-12(6-8-14)9-13(19(24)25)11-20-18(23)10-16-15-3-1-2-4-17(15)26-21-16/h1-8,13,22H,9-11H2,(H,20,23)(H,24,25). The third kappa shape index (κ3) is 4.37. The summed E-state index contributed by atoms with van der Waals surface area (Å²) in [5.74, 6) is -1.84. The Morgan fingerprint density at radius 2 is 1.85 bits per heavy atom. The number of fused-ring (bicyclic) bond motifs is 1. The van der Waals surface area contributed by atoms with E-state index >= 15 is 0 Å². The van der Waals surface area contributed by atoms with Crippen molar-refractivity contribution in [2.75, 3.05) is 6.54 Å². The molecule has 0 saturated heterocycles. The lowest BCUT2D eigenvalue weighted by Gasteiger charge is -2.13. The van der Waals surface area contributed by atoms with Gasteiger partial charge >= 0.3 is 5.97 Å². The second kappa shape index (κ2) is 7.97. The zero-order valence-corrected chi connectivity index (χ0v) is 14.7. The van der Waals surface area contributed by atoms with Gasteiger partial charge in [-0.1, -0.05) is 30.3 Å². The second-order valence-electron chi connectivity index (χ2n) is 6.01. The van der Waals surface area contributed by atoms with Crippen molar-refractivity contribution in [2.24, 2.45) is 5.92 Å². The smallest absolute Gasteiger partial charge is 0.308 e. The lowest BCUT2D eigenvalue weighted by atomic mass is 9.99. The molecule has 1 aromatic heterocycles. The van der Waals surface area contributed by atoms with Gasteiger partial charge in [-0.25, -0.2) is 0 Å². The number of carboxylic acid groups (broad SMARTS) is 1. The van der Waals surface area contributed by atoms with Crippen LogP contribution in [0.25, 0.3) is 10.1 Å². The Morgan fingerprint density at radius 3 is 2.58 bits per heavy atom. The highest BCUT2D eigenvalue weighted by atomic mass is 32.1. The molecule has 0 radical (unpaired) electrons. The summed E-state index contributed by atoms with van der Waals surface area (Å²) >= 11 is 1.34. The minimum absolute atomic E-state index is 0.0388. The van der Waals surface area contributed by atoms with Gasteiger partial charge in [-0.3, -0.25) is 9.59 Å². The number of amides is 1. The zero-order chi connectivity index (χ0) is 18.5. The molecule has 1 unspecified atom stereocenters. The highest BCUT2D eigenvalue weighted by Gasteiger charge is 2.19. The van der Waals surface area contributed by atoms with Gasteiger partial charge < -0.3 is 15.5 Å². The van der Waals surface area contributed by atoms with Crippen LogP contribution in [-0.4, -0.2) is 33.0 Å². The minimum Gasteiger partial charge on any atom is -0.508 e. The van der Waals surface area contributed by atoms with E-state index in [2.05, 4.69) is 9.69 Å². The van der Waals surface area contributed by atoms with Crippen LogP contribution in [0.3, 0.4) is 0 Å². The predicted octanol–water partition coefficient (Wildman–Crippen LogP) is 2.60.